The lowest BCUT2D eigenvalue weighted by molar-refractivity contribution is 0.308. The van der Waals surface area contributed by atoms with Crippen molar-refractivity contribution >= 4 is 6.01 Å². The van der Waals surface area contributed by atoms with E-state index in [1.165, 1.54) is 0 Å². The Bertz CT molecular complexity index is 400. The number of hydrogen-bond acceptors (Lipinski definition) is 5. The van der Waals surface area contributed by atoms with Gasteiger partial charge in [0.25, 0.3) is 0 Å². The van der Waals surface area contributed by atoms with Crippen LogP contribution in [0.5, 0.6) is 0 Å². The van der Waals surface area contributed by atoms with Gasteiger partial charge >= 0.3 is 6.01 Å². The number of nitrogens with zero attached hydrogens (tertiary/aromatic N) is 3. The Balaban J connectivity index is 1.89. The van der Waals surface area contributed by atoms with Gasteiger partial charge in [0.2, 0.25) is 0 Å². The first kappa shape index (κ1) is 14.3. The standard InChI is InChI=1S/C14H26N4O/c1-10(2)12-15-13(19-17-12)18-8-6-11(7-9-18)16-14(3,4)5/h10-11,16H,6-9H2,1-5H3. The van der Waals surface area contributed by atoms with E-state index in [-0.39, 0.29) is 5.54 Å². The smallest absolute Gasteiger partial charge is 0.324 e. The molecular weight excluding hydrogens is 240 g/mol. The molecule has 1 fully saturated rings. The molecule has 0 atom stereocenters. The summed E-state index contributed by atoms with van der Waals surface area (Å²) in [4.78, 5) is 6.65. The van der Waals surface area contributed by atoms with Crippen LogP contribution in [0.15, 0.2) is 4.52 Å². The van der Waals surface area contributed by atoms with Crippen LogP contribution in [-0.4, -0.2) is 34.8 Å². The number of nitrogens with one attached hydrogen (secondary N) is 1. The second-order valence-electron chi connectivity index (χ2n) is 6.75. The molecule has 0 bridgehead atoms. The molecule has 2 rings (SSSR count). The molecule has 0 aliphatic carbocycles. The fourth-order valence-electron chi connectivity index (χ4n) is 2.42. The van der Waals surface area contributed by atoms with Crippen LogP contribution in [0.3, 0.4) is 0 Å². The molecule has 0 saturated carbocycles. The van der Waals surface area contributed by atoms with Gasteiger partial charge in [-0.25, -0.2) is 0 Å². The quantitative estimate of drug-likeness (QED) is 0.911. The van der Waals surface area contributed by atoms with Crippen molar-refractivity contribution in [3.05, 3.63) is 5.82 Å². The summed E-state index contributed by atoms with van der Waals surface area (Å²) in [6.07, 6.45) is 2.24. The van der Waals surface area contributed by atoms with Crippen molar-refractivity contribution in [1.29, 1.82) is 0 Å². The van der Waals surface area contributed by atoms with Crippen molar-refractivity contribution in [1.82, 2.24) is 15.5 Å². The summed E-state index contributed by atoms with van der Waals surface area (Å²) in [6.45, 7) is 12.8. The Labute approximate surface area is 115 Å². The normalized spacial score (nSPS) is 18.3. The minimum atomic E-state index is 0.183. The van der Waals surface area contributed by atoms with Gasteiger partial charge in [0, 0.05) is 30.6 Å². The molecule has 1 aliphatic heterocycles. The summed E-state index contributed by atoms with van der Waals surface area (Å²) in [5.74, 6) is 1.11. The van der Waals surface area contributed by atoms with Crippen molar-refractivity contribution in [2.45, 2.75) is 65.0 Å². The lowest BCUT2D eigenvalue weighted by atomic mass is 10.0. The van der Waals surface area contributed by atoms with E-state index in [0.717, 1.165) is 31.8 Å². The summed E-state index contributed by atoms with van der Waals surface area (Å²) in [5, 5.41) is 7.69. The fraction of sp³-hybridized carbons (Fsp3) is 0.857. The van der Waals surface area contributed by atoms with Crippen LogP contribution in [0.1, 0.15) is 59.2 Å². The van der Waals surface area contributed by atoms with Crippen molar-refractivity contribution in [3.63, 3.8) is 0 Å². The molecule has 5 heteroatoms. The van der Waals surface area contributed by atoms with Crippen LogP contribution in [0.4, 0.5) is 6.01 Å². The Morgan fingerprint density at radius 1 is 1.26 bits per heavy atom. The van der Waals surface area contributed by atoms with Gasteiger partial charge in [-0.2, -0.15) is 4.98 Å². The fourth-order valence-corrected chi connectivity index (χ4v) is 2.42. The van der Waals surface area contributed by atoms with Crippen molar-refractivity contribution < 1.29 is 4.52 Å². The average molecular weight is 266 g/mol. The van der Waals surface area contributed by atoms with E-state index in [9.17, 15) is 0 Å². The third-order valence-electron chi connectivity index (χ3n) is 3.35. The van der Waals surface area contributed by atoms with Crippen LogP contribution < -0.4 is 10.2 Å². The zero-order valence-electron chi connectivity index (χ0n) is 12.7. The van der Waals surface area contributed by atoms with Gasteiger partial charge in [-0.1, -0.05) is 19.0 Å². The number of aromatic nitrogens is 2. The predicted molar refractivity (Wildman–Crippen MR) is 76.5 cm³/mol. The Morgan fingerprint density at radius 2 is 1.89 bits per heavy atom. The Kier molecular flexibility index (Phi) is 4.13. The molecule has 0 spiro atoms. The average Bonchev–Trinajstić information content (AvgIpc) is 2.77. The first-order valence-electron chi connectivity index (χ1n) is 7.21. The van der Waals surface area contributed by atoms with Gasteiger partial charge in [0.1, 0.15) is 0 Å². The Morgan fingerprint density at radius 3 is 2.37 bits per heavy atom. The molecule has 5 nitrogen and oxygen atoms in total. The maximum Gasteiger partial charge on any atom is 0.324 e. The minimum absolute atomic E-state index is 0.183. The van der Waals surface area contributed by atoms with Crippen LogP contribution >= 0.6 is 0 Å². The third-order valence-corrected chi connectivity index (χ3v) is 3.35. The van der Waals surface area contributed by atoms with Crippen molar-refractivity contribution in [2.75, 3.05) is 18.0 Å². The molecule has 1 N–H and O–H groups in total. The molecular formula is C14H26N4O. The first-order chi connectivity index (χ1) is 8.85. The zero-order valence-corrected chi connectivity index (χ0v) is 12.7. The minimum Gasteiger partial charge on any atom is -0.324 e. The van der Waals surface area contributed by atoms with E-state index < -0.39 is 0 Å². The lowest BCUT2D eigenvalue weighted by Crippen LogP contribution is -2.49. The van der Waals surface area contributed by atoms with E-state index in [1.54, 1.807) is 0 Å². The van der Waals surface area contributed by atoms with E-state index in [1.807, 2.05) is 0 Å². The van der Waals surface area contributed by atoms with Gasteiger partial charge in [0.15, 0.2) is 5.82 Å². The van der Waals surface area contributed by atoms with Gasteiger partial charge in [-0.05, 0) is 33.6 Å². The highest BCUT2D eigenvalue weighted by molar-refractivity contribution is 5.26. The second-order valence-corrected chi connectivity index (χ2v) is 6.75. The van der Waals surface area contributed by atoms with Crippen molar-refractivity contribution in [3.8, 4) is 0 Å². The third kappa shape index (κ3) is 3.93. The summed E-state index contributed by atoms with van der Waals surface area (Å²) in [7, 11) is 0. The molecule has 2 heterocycles. The SMILES string of the molecule is CC(C)c1noc(N2CCC(NC(C)(C)C)CC2)n1. The molecule has 1 saturated heterocycles. The van der Waals surface area contributed by atoms with E-state index in [4.69, 9.17) is 4.52 Å². The van der Waals surface area contributed by atoms with E-state index in [0.29, 0.717) is 18.0 Å². The molecule has 0 aromatic carbocycles. The first-order valence-corrected chi connectivity index (χ1v) is 7.21. The van der Waals surface area contributed by atoms with Gasteiger partial charge in [-0.15, -0.1) is 0 Å². The van der Waals surface area contributed by atoms with Crippen LogP contribution in [-0.2, 0) is 0 Å². The van der Waals surface area contributed by atoms with E-state index in [2.05, 4.69) is 55.0 Å². The molecule has 0 unspecified atom stereocenters. The molecule has 1 aliphatic rings. The summed E-state index contributed by atoms with van der Waals surface area (Å²) in [5.41, 5.74) is 0.183. The van der Waals surface area contributed by atoms with Crippen LogP contribution in [0, 0.1) is 0 Å². The highest BCUT2D eigenvalue weighted by Gasteiger charge is 2.25. The molecule has 1 aromatic rings. The monoisotopic (exact) mass is 266 g/mol. The maximum atomic E-state index is 5.35. The number of anilines is 1. The van der Waals surface area contributed by atoms with E-state index >= 15 is 0 Å². The van der Waals surface area contributed by atoms with Crippen LogP contribution in [0.25, 0.3) is 0 Å². The van der Waals surface area contributed by atoms with Gasteiger partial charge in [-0.3, -0.25) is 0 Å². The van der Waals surface area contributed by atoms with Crippen LogP contribution in [0.2, 0.25) is 0 Å². The molecule has 1 aromatic heterocycles. The van der Waals surface area contributed by atoms with Crippen molar-refractivity contribution in [2.24, 2.45) is 0 Å². The predicted octanol–water partition coefficient (Wildman–Crippen LogP) is 2.55. The highest BCUT2D eigenvalue weighted by atomic mass is 16.5. The topological polar surface area (TPSA) is 54.2 Å². The molecule has 0 amide bonds. The number of hydrogen-bond donors (Lipinski definition) is 1. The molecule has 19 heavy (non-hydrogen) atoms. The van der Waals surface area contributed by atoms with Gasteiger partial charge in [0.05, 0.1) is 0 Å². The largest absolute Gasteiger partial charge is 0.324 e. The number of piperidine rings is 1. The maximum absolute atomic E-state index is 5.35. The Hall–Kier alpha value is -1.10. The number of rotatable bonds is 3. The van der Waals surface area contributed by atoms with Gasteiger partial charge < -0.3 is 14.7 Å². The summed E-state index contributed by atoms with van der Waals surface area (Å²) in [6, 6.07) is 1.27. The molecule has 0 radical (unpaired) electrons. The lowest BCUT2D eigenvalue weighted by Gasteiger charge is -2.35. The summed E-state index contributed by atoms with van der Waals surface area (Å²) < 4.78 is 5.35. The molecule has 108 valence electrons. The second kappa shape index (κ2) is 5.49. The summed E-state index contributed by atoms with van der Waals surface area (Å²) >= 11 is 0. The highest BCUT2D eigenvalue weighted by Crippen LogP contribution is 2.21. The zero-order chi connectivity index (χ0) is 14.0.